The fraction of sp³-hybridized carbons (Fsp3) is 0.500. The van der Waals surface area contributed by atoms with Crippen LogP contribution in [-0.4, -0.2) is 18.7 Å². The minimum Gasteiger partial charge on any atom is -0.264 e. The van der Waals surface area contributed by atoms with Crippen LogP contribution in [-0.2, 0) is 10.0 Å². The standard InChI is InChI=1S/C10H16N2O2S/c1-8(6-9(2)15(11,13)14)10-4-3-5-12-7-10/h3-5,7-9H,6H2,1-2H3,(H2,11,13,14). The third kappa shape index (κ3) is 3.60. The van der Waals surface area contributed by atoms with E-state index < -0.39 is 15.3 Å². The lowest BCUT2D eigenvalue weighted by Gasteiger charge is -2.15. The van der Waals surface area contributed by atoms with Crippen molar-refractivity contribution in [1.29, 1.82) is 0 Å². The SMILES string of the molecule is CC(CC(C)S(N)(=O)=O)c1cccnc1. The van der Waals surface area contributed by atoms with Gasteiger partial charge in [-0.1, -0.05) is 13.0 Å². The summed E-state index contributed by atoms with van der Waals surface area (Å²) in [7, 11) is -3.43. The number of primary sulfonamides is 1. The fourth-order valence-electron chi connectivity index (χ4n) is 1.44. The Kier molecular flexibility index (Phi) is 3.82. The van der Waals surface area contributed by atoms with Crippen LogP contribution in [0.4, 0.5) is 0 Å². The van der Waals surface area contributed by atoms with Crippen LogP contribution in [0, 0.1) is 0 Å². The highest BCUT2D eigenvalue weighted by Crippen LogP contribution is 2.21. The van der Waals surface area contributed by atoms with Crippen LogP contribution in [0.2, 0.25) is 0 Å². The molecule has 1 heterocycles. The van der Waals surface area contributed by atoms with Crippen LogP contribution < -0.4 is 5.14 Å². The van der Waals surface area contributed by atoms with E-state index in [4.69, 9.17) is 5.14 Å². The van der Waals surface area contributed by atoms with Gasteiger partial charge in [0.15, 0.2) is 0 Å². The van der Waals surface area contributed by atoms with Gasteiger partial charge in [0.1, 0.15) is 0 Å². The molecule has 1 aromatic heterocycles. The molecule has 2 unspecified atom stereocenters. The number of pyridine rings is 1. The molecule has 0 aliphatic heterocycles. The van der Waals surface area contributed by atoms with E-state index in [1.165, 1.54) is 0 Å². The van der Waals surface area contributed by atoms with Crippen LogP contribution >= 0.6 is 0 Å². The van der Waals surface area contributed by atoms with Crippen molar-refractivity contribution in [3.8, 4) is 0 Å². The van der Waals surface area contributed by atoms with Crippen LogP contribution in [0.25, 0.3) is 0 Å². The number of aromatic nitrogens is 1. The average Bonchev–Trinajstić information content (AvgIpc) is 2.17. The Balaban J connectivity index is 2.69. The summed E-state index contributed by atoms with van der Waals surface area (Å²) in [5.41, 5.74) is 1.04. The Morgan fingerprint density at radius 3 is 2.60 bits per heavy atom. The molecule has 15 heavy (non-hydrogen) atoms. The molecule has 0 aliphatic carbocycles. The second kappa shape index (κ2) is 4.72. The predicted octanol–water partition coefficient (Wildman–Crippen LogP) is 1.25. The van der Waals surface area contributed by atoms with Crippen molar-refractivity contribution in [3.05, 3.63) is 30.1 Å². The lowest BCUT2D eigenvalue weighted by atomic mass is 9.98. The first kappa shape index (κ1) is 12.1. The predicted molar refractivity (Wildman–Crippen MR) is 59.8 cm³/mol. The van der Waals surface area contributed by atoms with Gasteiger partial charge in [-0.25, -0.2) is 13.6 Å². The van der Waals surface area contributed by atoms with E-state index in [-0.39, 0.29) is 5.92 Å². The van der Waals surface area contributed by atoms with Crippen LogP contribution in [0.15, 0.2) is 24.5 Å². The largest absolute Gasteiger partial charge is 0.264 e. The number of hydrogen-bond acceptors (Lipinski definition) is 3. The van der Waals surface area contributed by atoms with Gasteiger partial charge in [-0.3, -0.25) is 4.98 Å². The Morgan fingerprint density at radius 2 is 2.13 bits per heavy atom. The molecule has 1 aromatic rings. The number of nitrogens with two attached hydrogens (primary N) is 1. The quantitative estimate of drug-likeness (QED) is 0.843. The first-order chi connectivity index (χ1) is 6.91. The van der Waals surface area contributed by atoms with E-state index in [0.717, 1.165) is 5.56 Å². The molecule has 0 fully saturated rings. The zero-order chi connectivity index (χ0) is 11.5. The van der Waals surface area contributed by atoms with Gasteiger partial charge in [0.25, 0.3) is 0 Å². The molecule has 5 heteroatoms. The summed E-state index contributed by atoms with van der Waals surface area (Å²) in [6.45, 7) is 3.60. The van der Waals surface area contributed by atoms with E-state index in [1.54, 1.807) is 19.3 Å². The number of sulfonamides is 1. The van der Waals surface area contributed by atoms with Gasteiger partial charge in [-0.15, -0.1) is 0 Å². The van der Waals surface area contributed by atoms with Crippen molar-refractivity contribution in [3.63, 3.8) is 0 Å². The highest BCUT2D eigenvalue weighted by molar-refractivity contribution is 7.89. The molecule has 1 rings (SSSR count). The van der Waals surface area contributed by atoms with Gasteiger partial charge >= 0.3 is 0 Å². The second-order valence-electron chi connectivity index (χ2n) is 3.82. The molecule has 0 amide bonds. The van der Waals surface area contributed by atoms with E-state index in [1.807, 2.05) is 19.1 Å². The maximum absolute atomic E-state index is 11.1. The Bertz CT molecular complexity index is 403. The fourth-order valence-corrected chi connectivity index (χ4v) is 1.99. The summed E-state index contributed by atoms with van der Waals surface area (Å²) in [5, 5.41) is 4.54. The minimum atomic E-state index is -3.43. The van der Waals surface area contributed by atoms with Crippen LogP contribution in [0.1, 0.15) is 31.7 Å². The average molecular weight is 228 g/mol. The van der Waals surface area contributed by atoms with Crippen LogP contribution in [0.3, 0.4) is 0 Å². The summed E-state index contributed by atoms with van der Waals surface area (Å²) in [4.78, 5) is 3.99. The van der Waals surface area contributed by atoms with E-state index in [2.05, 4.69) is 4.98 Å². The number of hydrogen-bond donors (Lipinski definition) is 1. The number of rotatable bonds is 4. The molecule has 2 N–H and O–H groups in total. The van der Waals surface area contributed by atoms with Crippen molar-refractivity contribution in [1.82, 2.24) is 4.98 Å². The van der Waals surface area contributed by atoms with Crippen LogP contribution in [0.5, 0.6) is 0 Å². The first-order valence-corrected chi connectivity index (χ1v) is 6.43. The summed E-state index contributed by atoms with van der Waals surface area (Å²) >= 11 is 0. The Hall–Kier alpha value is -0.940. The van der Waals surface area contributed by atoms with Gasteiger partial charge < -0.3 is 0 Å². The van der Waals surface area contributed by atoms with E-state index in [0.29, 0.717) is 6.42 Å². The smallest absolute Gasteiger partial charge is 0.211 e. The molecule has 0 saturated heterocycles. The second-order valence-corrected chi connectivity index (χ2v) is 5.81. The zero-order valence-corrected chi connectivity index (χ0v) is 9.74. The lowest BCUT2D eigenvalue weighted by Crippen LogP contribution is -2.27. The molecule has 0 aliphatic rings. The molecule has 4 nitrogen and oxygen atoms in total. The highest BCUT2D eigenvalue weighted by Gasteiger charge is 2.19. The van der Waals surface area contributed by atoms with Crippen molar-refractivity contribution in [2.24, 2.45) is 5.14 Å². The summed E-state index contributed by atoms with van der Waals surface area (Å²) in [6, 6.07) is 3.78. The molecular formula is C10H16N2O2S. The zero-order valence-electron chi connectivity index (χ0n) is 8.92. The monoisotopic (exact) mass is 228 g/mol. The van der Waals surface area contributed by atoms with Gasteiger partial charge in [-0.05, 0) is 30.9 Å². The maximum Gasteiger partial charge on any atom is 0.211 e. The van der Waals surface area contributed by atoms with E-state index in [9.17, 15) is 8.42 Å². The van der Waals surface area contributed by atoms with Crippen molar-refractivity contribution >= 4 is 10.0 Å². The minimum absolute atomic E-state index is 0.145. The van der Waals surface area contributed by atoms with Gasteiger partial charge in [0.2, 0.25) is 10.0 Å². The highest BCUT2D eigenvalue weighted by atomic mass is 32.2. The first-order valence-electron chi connectivity index (χ1n) is 4.83. The topological polar surface area (TPSA) is 73.1 Å². The molecular weight excluding hydrogens is 212 g/mol. The lowest BCUT2D eigenvalue weighted by molar-refractivity contribution is 0.566. The maximum atomic E-state index is 11.1. The van der Waals surface area contributed by atoms with Gasteiger partial charge in [0, 0.05) is 12.4 Å². The van der Waals surface area contributed by atoms with Crippen molar-refractivity contribution in [2.75, 3.05) is 0 Å². The Labute approximate surface area is 90.6 Å². The molecule has 0 spiro atoms. The molecule has 0 bridgehead atoms. The van der Waals surface area contributed by atoms with E-state index >= 15 is 0 Å². The molecule has 0 radical (unpaired) electrons. The Morgan fingerprint density at radius 1 is 1.47 bits per heavy atom. The summed E-state index contributed by atoms with van der Waals surface area (Å²) in [5.74, 6) is 0.145. The van der Waals surface area contributed by atoms with Crippen molar-refractivity contribution in [2.45, 2.75) is 31.4 Å². The number of nitrogens with zero attached hydrogens (tertiary/aromatic N) is 1. The summed E-state index contributed by atoms with van der Waals surface area (Å²) < 4.78 is 22.1. The van der Waals surface area contributed by atoms with Gasteiger partial charge in [0.05, 0.1) is 5.25 Å². The molecule has 0 saturated carbocycles. The molecule has 0 aromatic carbocycles. The molecule has 84 valence electrons. The van der Waals surface area contributed by atoms with Crippen molar-refractivity contribution < 1.29 is 8.42 Å². The summed E-state index contributed by atoms with van der Waals surface area (Å²) in [6.07, 6.45) is 3.96. The van der Waals surface area contributed by atoms with Gasteiger partial charge in [-0.2, -0.15) is 0 Å². The third-order valence-electron chi connectivity index (χ3n) is 2.50. The third-order valence-corrected chi connectivity index (χ3v) is 3.81. The molecule has 2 atom stereocenters. The normalized spacial score (nSPS) is 15.9.